The third kappa shape index (κ3) is 4.78. The number of rotatable bonds is 7. The number of non-ortho nitro benzene ring substituents is 1. The molecule has 1 unspecified atom stereocenters. The van der Waals surface area contributed by atoms with E-state index in [1.807, 2.05) is 30.3 Å². The van der Waals surface area contributed by atoms with Gasteiger partial charge in [0.25, 0.3) is 5.69 Å². The first kappa shape index (κ1) is 18.3. The van der Waals surface area contributed by atoms with Gasteiger partial charge in [-0.15, -0.1) is 0 Å². The first-order valence-corrected chi connectivity index (χ1v) is 8.58. The van der Waals surface area contributed by atoms with Gasteiger partial charge in [0.2, 0.25) is 0 Å². The van der Waals surface area contributed by atoms with Crippen molar-refractivity contribution in [1.82, 2.24) is 4.90 Å². The Morgan fingerprint density at radius 1 is 1.19 bits per heavy atom. The van der Waals surface area contributed by atoms with Crippen LogP contribution in [0.2, 0.25) is 0 Å². The molecule has 0 aromatic heterocycles. The molecule has 1 fully saturated rings. The molecular formula is C19H22N2O5. The average Bonchev–Trinajstić information content (AvgIpc) is 2.67. The summed E-state index contributed by atoms with van der Waals surface area (Å²) in [5, 5.41) is 21.3. The maximum absolute atomic E-state index is 11.1. The van der Waals surface area contributed by atoms with Gasteiger partial charge in [-0.05, 0) is 11.6 Å². The number of aliphatic hydroxyl groups is 1. The van der Waals surface area contributed by atoms with Crippen LogP contribution >= 0.6 is 0 Å². The van der Waals surface area contributed by atoms with E-state index in [1.165, 1.54) is 12.1 Å². The molecule has 0 spiro atoms. The van der Waals surface area contributed by atoms with Crippen LogP contribution in [0, 0.1) is 10.1 Å². The van der Waals surface area contributed by atoms with Gasteiger partial charge in [-0.3, -0.25) is 15.0 Å². The van der Waals surface area contributed by atoms with Crippen LogP contribution in [0.15, 0.2) is 48.5 Å². The summed E-state index contributed by atoms with van der Waals surface area (Å²) in [4.78, 5) is 12.8. The molecule has 0 aliphatic carbocycles. The lowest BCUT2D eigenvalue weighted by Gasteiger charge is -2.28. The number of nitro benzene ring substituents is 1. The summed E-state index contributed by atoms with van der Waals surface area (Å²) >= 11 is 0. The van der Waals surface area contributed by atoms with Crippen LogP contribution in [-0.4, -0.2) is 60.5 Å². The summed E-state index contributed by atoms with van der Waals surface area (Å²) in [5.74, 6) is 0.517. The van der Waals surface area contributed by atoms with E-state index in [2.05, 4.69) is 4.90 Å². The Labute approximate surface area is 151 Å². The van der Waals surface area contributed by atoms with E-state index in [4.69, 9.17) is 9.47 Å². The molecule has 0 radical (unpaired) electrons. The minimum absolute atomic E-state index is 0.00469. The summed E-state index contributed by atoms with van der Waals surface area (Å²) in [6.45, 7) is 3.57. The first-order valence-electron chi connectivity index (χ1n) is 8.58. The standard InChI is InChI=1S/C19H22N2O5/c22-17(13-20-8-10-25-11-9-20)14-26-19-7-6-16(21(23)24)12-18(19)15-4-2-1-3-5-15/h1-7,12,17,22H,8-11,13-14H2. The molecule has 0 bridgehead atoms. The zero-order valence-electron chi connectivity index (χ0n) is 14.4. The summed E-state index contributed by atoms with van der Waals surface area (Å²) in [6, 6.07) is 13.9. The van der Waals surface area contributed by atoms with Crippen molar-refractivity contribution in [3.8, 4) is 16.9 Å². The number of ether oxygens (including phenoxy) is 2. The minimum Gasteiger partial charge on any atom is -0.490 e. The van der Waals surface area contributed by atoms with Crippen LogP contribution in [0.5, 0.6) is 5.75 Å². The fourth-order valence-corrected chi connectivity index (χ4v) is 2.92. The number of aliphatic hydroxyl groups excluding tert-OH is 1. The number of nitrogens with zero attached hydrogens (tertiary/aromatic N) is 2. The highest BCUT2D eigenvalue weighted by Gasteiger charge is 2.17. The van der Waals surface area contributed by atoms with Gasteiger partial charge in [-0.25, -0.2) is 0 Å². The van der Waals surface area contributed by atoms with Crippen molar-refractivity contribution < 1.29 is 19.5 Å². The van der Waals surface area contributed by atoms with Crippen LogP contribution in [0.25, 0.3) is 11.1 Å². The second-order valence-corrected chi connectivity index (χ2v) is 6.18. The summed E-state index contributed by atoms with van der Waals surface area (Å²) in [7, 11) is 0. The van der Waals surface area contributed by atoms with Gasteiger partial charge in [0.15, 0.2) is 0 Å². The van der Waals surface area contributed by atoms with Crippen LogP contribution in [0.3, 0.4) is 0 Å². The molecule has 0 saturated carbocycles. The Balaban J connectivity index is 1.71. The molecule has 1 aliphatic rings. The highest BCUT2D eigenvalue weighted by atomic mass is 16.6. The number of morpholine rings is 1. The Bertz CT molecular complexity index is 732. The first-order chi connectivity index (χ1) is 12.6. The van der Waals surface area contributed by atoms with E-state index in [0.717, 1.165) is 18.7 Å². The molecule has 1 saturated heterocycles. The Hall–Kier alpha value is -2.48. The van der Waals surface area contributed by atoms with Gasteiger partial charge in [-0.2, -0.15) is 0 Å². The molecule has 3 rings (SSSR count). The Morgan fingerprint density at radius 2 is 1.92 bits per heavy atom. The van der Waals surface area contributed by atoms with E-state index in [0.29, 0.717) is 31.1 Å². The van der Waals surface area contributed by atoms with Crippen molar-refractivity contribution in [3.63, 3.8) is 0 Å². The third-order valence-corrected chi connectivity index (χ3v) is 4.26. The van der Waals surface area contributed by atoms with Crippen LogP contribution < -0.4 is 4.74 Å². The molecular weight excluding hydrogens is 336 g/mol. The van der Waals surface area contributed by atoms with E-state index in [9.17, 15) is 15.2 Å². The highest BCUT2D eigenvalue weighted by molar-refractivity contribution is 5.72. The lowest BCUT2D eigenvalue weighted by Crippen LogP contribution is -2.42. The number of hydrogen-bond donors (Lipinski definition) is 1. The molecule has 1 atom stereocenters. The molecule has 2 aromatic carbocycles. The van der Waals surface area contributed by atoms with Gasteiger partial charge in [0, 0.05) is 37.3 Å². The fourth-order valence-electron chi connectivity index (χ4n) is 2.92. The molecule has 2 aromatic rings. The molecule has 1 aliphatic heterocycles. The van der Waals surface area contributed by atoms with E-state index < -0.39 is 11.0 Å². The zero-order valence-corrected chi connectivity index (χ0v) is 14.4. The summed E-state index contributed by atoms with van der Waals surface area (Å²) in [6.07, 6.45) is -0.646. The molecule has 7 heteroatoms. The van der Waals surface area contributed by atoms with Crippen molar-refractivity contribution in [2.24, 2.45) is 0 Å². The van der Waals surface area contributed by atoms with Crippen molar-refractivity contribution in [1.29, 1.82) is 0 Å². The molecule has 138 valence electrons. The number of nitro groups is 1. The van der Waals surface area contributed by atoms with Crippen molar-refractivity contribution in [3.05, 3.63) is 58.6 Å². The van der Waals surface area contributed by atoms with Crippen molar-refractivity contribution >= 4 is 5.69 Å². The lowest BCUT2D eigenvalue weighted by molar-refractivity contribution is -0.384. The second-order valence-electron chi connectivity index (χ2n) is 6.18. The van der Waals surface area contributed by atoms with Crippen molar-refractivity contribution in [2.75, 3.05) is 39.5 Å². The SMILES string of the molecule is O=[N+]([O-])c1ccc(OCC(O)CN2CCOCC2)c(-c2ccccc2)c1. The quantitative estimate of drug-likeness (QED) is 0.604. The number of β-amino-alcohol motifs (C(OH)–C–C–N with tert-alkyl or cyclic N) is 1. The molecule has 1 N–H and O–H groups in total. The normalized spacial score (nSPS) is 16.2. The zero-order chi connectivity index (χ0) is 18.4. The fraction of sp³-hybridized carbons (Fsp3) is 0.368. The summed E-state index contributed by atoms with van der Waals surface area (Å²) < 4.78 is 11.1. The second kappa shape index (κ2) is 8.75. The van der Waals surface area contributed by atoms with E-state index in [-0.39, 0.29) is 12.3 Å². The molecule has 26 heavy (non-hydrogen) atoms. The summed E-state index contributed by atoms with van der Waals surface area (Å²) in [5.41, 5.74) is 1.47. The smallest absolute Gasteiger partial charge is 0.270 e. The van der Waals surface area contributed by atoms with Crippen molar-refractivity contribution in [2.45, 2.75) is 6.10 Å². The maximum Gasteiger partial charge on any atom is 0.270 e. The predicted molar refractivity (Wildman–Crippen MR) is 97.3 cm³/mol. The average molecular weight is 358 g/mol. The van der Waals surface area contributed by atoms with Gasteiger partial charge < -0.3 is 14.6 Å². The van der Waals surface area contributed by atoms with Crippen LogP contribution in [0.4, 0.5) is 5.69 Å². The monoisotopic (exact) mass is 358 g/mol. The molecule has 0 amide bonds. The lowest BCUT2D eigenvalue weighted by atomic mass is 10.0. The maximum atomic E-state index is 11.1. The number of hydrogen-bond acceptors (Lipinski definition) is 6. The van der Waals surface area contributed by atoms with Gasteiger partial charge in [0.05, 0.1) is 18.1 Å². The van der Waals surface area contributed by atoms with E-state index >= 15 is 0 Å². The largest absolute Gasteiger partial charge is 0.490 e. The van der Waals surface area contributed by atoms with Gasteiger partial charge in [-0.1, -0.05) is 30.3 Å². The Kier molecular flexibility index (Phi) is 6.17. The third-order valence-electron chi connectivity index (χ3n) is 4.26. The van der Waals surface area contributed by atoms with Gasteiger partial charge in [0.1, 0.15) is 18.5 Å². The predicted octanol–water partition coefficient (Wildman–Crippen LogP) is 2.33. The highest BCUT2D eigenvalue weighted by Crippen LogP contribution is 2.33. The molecule has 1 heterocycles. The van der Waals surface area contributed by atoms with Gasteiger partial charge >= 0.3 is 0 Å². The molecule has 7 nitrogen and oxygen atoms in total. The number of benzene rings is 2. The Morgan fingerprint density at radius 3 is 2.62 bits per heavy atom. The minimum atomic E-state index is -0.646. The topological polar surface area (TPSA) is 85.1 Å². The van der Waals surface area contributed by atoms with E-state index in [1.54, 1.807) is 6.07 Å². The van der Waals surface area contributed by atoms with Crippen LogP contribution in [-0.2, 0) is 4.74 Å². The van der Waals surface area contributed by atoms with Crippen LogP contribution in [0.1, 0.15) is 0 Å².